The van der Waals surface area contributed by atoms with E-state index in [-0.39, 0.29) is 24.0 Å². The summed E-state index contributed by atoms with van der Waals surface area (Å²) in [6, 6.07) is 19.4. The van der Waals surface area contributed by atoms with E-state index in [9.17, 15) is 14.7 Å². The Morgan fingerprint density at radius 3 is 2.03 bits per heavy atom. The minimum Gasteiger partial charge on any atom is -0.478 e. The van der Waals surface area contributed by atoms with E-state index in [2.05, 4.69) is 29.6 Å². The minimum atomic E-state index is -1.000. The molecule has 0 aromatic heterocycles. The van der Waals surface area contributed by atoms with Crippen molar-refractivity contribution in [3.8, 4) is 0 Å². The average molecular weight is 437 g/mol. The Morgan fingerprint density at radius 1 is 1.03 bits per heavy atom. The molecule has 3 rings (SSSR count). The van der Waals surface area contributed by atoms with Crippen molar-refractivity contribution >= 4 is 11.9 Å². The molecule has 1 aliphatic carbocycles. The molecule has 0 heterocycles. The predicted octanol–water partition coefficient (Wildman–Crippen LogP) is 3.25. The average Bonchev–Trinajstić information content (AvgIpc) is 2.78. The standard InChI is InChI=1S/C26H32N2O4/c1-18(29)28-25-23(27)16-21(26(30)31)17-24(25)32-22(14-12-19-8-4-2-5-9-19)15-13-20-10-6-3-7-11-20/h2-11,17,22-25H,12-16,27H2,1H3,(H,28,29)(H,30,31)/t23-,24+,25+/m0/s1. The van der Waals surface area contributed by atoms with Gasteiger partial charge in [0.05, 0.1) is 18.2 Å². The van der Waals surface area contributed by atoms with Gasteiger partial charge in [-0.25, -0.2) is 4.79 Å². The number of hydrogen-bond acceptors (Lipinski definition) is 4. The second kappa shape index (κ2) is 11.6. The zero-order valence-electron chi connectivity index (χ0n) is 18.4. The normalized spacial score (nSPS) is 20.6. The van der Waals surface area contributed by atoms with Crippen LogP contribution in [0.3, 0.4) is 0 Å². The van der Waals surface area contributed by atoms with Crippen molar-refractivity contribution in [2.75, 3.05) is 0 Å². The highest BCUT2D eigenvalue weighted by atomic mass is 16.5. The maximum Gasteiger partial charge on any atom is 0.331 e. The quantitative estimate of drug-likeness (QED) is 0.531. The van der Waals surface area contributed by atoms with Crippen molar-refractivity contribution in [3.05, 3.63) is 83.4 Å². The van der Waals surface area contributed by atoms with Gasteiger partial charge in [0.2, 0.25) is 5.91 Å². The van der Waals surface area contributed by atoms with Gasteiger partial charge in [-0.2, -0.15) is 0 Å². The molecular weight excluding hydrogens is 404 g/mol. The Kier molecular flexibility index (Phi) is 8.59. The molecule has 170 valence electrons. The van der Waals surface area contributed by atoms with Gasteiger partial charge in [0.15, 0.2) is 0 Å². The molecule has 32 heavy (non-hydrogen) atoms. The first-order chi connectivity index (χ1) is 15.4. The lowest BCUT2D eigenvalue weighted by molar-refractivity contribution is -0.133. The van der Waals surface area contributed by atoms with Gasteiger partial charge < -0.3 is 20.9 Å². The SMILES string of the molecule is CC(=O)N[C@@H]1[C@@H](N)CC(C(=O)O)=C[C@H]1OC(CCc1ccccc1)CCc1ccccc1. The van der Waals surface area contributed by atoms with Crippen molar-refractivity contribution < 1.29 is 19.4 Å². The van der Waals surface area contributed by atoms with Crippen LogP contribution in [-0.2, 0) is 27.2 Å². The highest BCUT2D eigenvalue weighted by Crippen LogP contribution is 2.25. The third-order valence-electron chi connectivity index (χ3n) is 5.83. The molecular formula is C26H32N2O4. The lowest BCUT2D eigenvalue weighted by Crippen LogP contribution is -2.57. The molecule has 0 saturated carbocycles. The topological polar surface area (TPSA) is 102 Å². The Morgan fingerprint density at radius 2 is 1.56 bits per heavy atom. The number of rotatable bonds is 10. The number of carboxylic acids is 1. The summed E-state index contributed by atoms with van der Waals surface area (Å²) in [7, 11) is 0. The van der Waals surface area contributed by atoms with Gasteiger partial charge in [0.25, 0.3) is 0 Å². The number of carboxylic acid groups (broad SMARTS) is 1. The van der Waals surface area contributed by atoms with Crippen molar-refractivity contribution in [2.24, 2.45) is 5.73 Å². The van der Waals surface area contributed by atoms with Gasteiger partial charge >= 0.3 is 5.97 Å². The summed E-state index contributed by atoms with van der Waals surface area (Å²) in [5.41, 5.74) is 8.93. The summed E-state index contributed by atoms with van der Waals surface area (Å²) in [5, 5.41) is 12.4. The molecule has 4 N–H and O–H groups in total. The van der Waals surface area contributed by atoms with Crippen LogP contribution in [0.25, 0.3) is 0 Å². The number of nitrogens with one attached hydrogen (secondary N) is 1. The number of carbonyl (C=O) groups excluding carboxylic acids is 1. The summed E-state index contributed by atoms with van der Waals surface area (Å²) < 4.78 is 6.46. The third kappa shape index (κ3) is 7.04. The molecule has 6 nitrogen and oxygen atoms in total. The molecule has 0 unspecified atom stereocenters. The summed E-state index contributed by atoms with van der Waals surface area (Å²) in [6.07, 6.45) is 4.36. The fourth-order valence-electron chi connectivity index (χ4n) is 4.15. The van der Waals surface area contributed by atoms with E-state index < -0.39 is 24.2 Å². The van der Waals surface area contributed by atoms with Crippen LogP contribution in [0.15, 0.2) is 72.3 Å². The monoisotopic (exact) mass is 436 g/mol. The van der Waals surface area contributed by atoms with E-state index in [1.165, 1.54) is 18.1 Å². The molecule has 0 saturated heterocycles. The van der Waals surface area contributed by atoms with Crippen molar-refractivity contribution in [1.82, 2.24) is 5.32 Å². The van der Waals surface area contributed by atoms with E-state index in [1.807, 2.05) is 36.4 Å². The second-order valence-electron chi connectivity index (χ2n) is 8.36. The van der Waals surface area contributed by atoms with E-state index in [0.717, 1.165) is 25.7 Å². The first kappa shape index (κ1) is 23.7. The zero-order chi connectivity index (χ0) is 22.9. The number of aliphatic carboxylic acids is 1. The molecule has 6 heteroatoms. The van der Waals surface area contributed by atoms with Crippen LogP contribution in [0.2, 0.25) is 0 Å². The van der Waals surface area contributed by atoms with Crippen molar-refractivity contribution in [1.29, 1.82) is 0 Å². The summed E-state index contributed by atoms with van der Waals surface area (Å²) >= 11 is 0. The van der Waals surface area contributed by atoms with Crippen LogP contribution in [0, 0.1) is 0 Å². The molecule has 0 spiro atoms. The number of hydrogen-bond donors (Lipinski definition) is 3. The smallest absolute Gasteiger partial charge is 0.331 e. The lowest BCUT2D eigenvalue weighted by atomic mass is 9.88. The number of aryl methyl sites for hydroxylation is 2. The summed E-state index contributed by atoms with van der Waals surface area (Å²) in [6.45, 7) is 1.43. The molecule has 0 radical (unpaired) electrons. The predicted molar refractivity (Wildman–Crippen MR) is 124 cm³/mol. The summed E-state index contributed by atoms with van der Waals surface area (Å²) in [5.74, 6) is -1.21. The molecule has 0 bridgehead atoms. The molecule has 2 aromatic carbocycles. The van der Waals surface area contributed by atoms with Crippen molar-refractivity contribution in [2.45, 2.75) is 63.3 Å². The van der Waals surface area contributed by atoms with Gasteiger partial charge in [0, 0.05) is 18.5 Å². The minimum absolute atomic E-state index is 0.117. The van der Waals surface area contributed by atoms with Gasteiger partial charge in [0.1, 0.15) is 0 Å². The Hall–Kier alpha value is -2.96. The molecule has 0 aliphatic heterocycles. The van der Waals surface area contributed by atoms with Crippen LogP contribution in [0.5, 0.6) is 0 Å². The highest BCUT2D eigenvalue weighted by Gasteiger charge is 2.35. The fraction of sp³-hybridized carbons (Fsp3) is 0.385. The van der Waals surface area contributed by atoms with Gasteiger partial charge in [-0.3, -0.25) is 4.79 Å². The lowest BCUT2D eigenvalue weighted by Gasteiger charge is -2.36. The molecule has 2 aromatic rings. The Bertz CT molecular complexity index is 870. The van der Waals surface area contributed by atoms with Crippen molar-refractivity contribution in [3.63, 3.8) is 0 Å². The van der Waals surface area contributed by atoms with Crippen LogP contribution < -0.4 is 11.1 Å². The van der Waals surface area contributed by atoms with Crippen LogP contribution in [-0.4, -0.2) is 41.3 Å². The number of carbonyl (C=O) groups is 2. The van der Waals surface area contributed by atoms with Crippen LogP contribution >= 0.6 is 0 Å². The first-order valence-electron chi connectivity index (χ1n) is 11.1. The van der Waals surface area contributed by atoms with Crippen LogP contribution in [0.1, 0.15) is 37.3 Å². The number of nitrogens with two attached hydrogens (primary N) is 1. The van der Waals surface area contributed by atoms with Gasteiger partial charge in [-0.05, 0) is 49.3 Å². The van der Waals surface area contributed by atoms with E-state index in [0.29, 0.717) is 0 Å². The maximum absolute atomic E-state index is 11.8. The van der Waals surface area contributed by atoms with Crippen LogP contribution in [0.4, 0.5) is 0 Å². The highest BCUT2D eigenvalue weighted by molar-refractivity contribution is 5.87. The summed E-state index contributed by atoms with van der Waals surface area (Å²) in [4.78, 5) is 23.4. The van der Waals surface area contributed by atoms with E-state index in [4.69, 9.17) is 10.5 Å². The molecule has 0 fully saturated rings. The van der Waals surface area contributed by atoms with E-state index >= 15 is 0 Å². The van der Waals surface area contributed by atoms with E-state index in [1.54, 1.807) is 6.08 Å². The first-order valence-corrected chi connectivity index (χ1v) is 11.1. The largest absolute Gasteiger partial charge is 0.478 e. The maximum atomic E-state index is 11.8. The molecule has 1 amide bonds. The van der Waals surface area contributed by atoms with Gasteiger partial charge in [-0.15, -0.1) is 0 Å². The molecule has 3 atom stereocenters. The Labute approximate surface area is 189 Å². The number of benzene rings is 2. The Balaban J connectivity index is 1.77. The fourth-order valence-corrected chi connectivity index (χ4v) is 4.15. The second-order valence-corrected chi connectivity index (χ2v) is 8.36. The van der Waals surface area contributed by atoms with Gasteiger partial charge in [-0.1, -0.05) is 60.7 Å². The number of ether oxygens (including phenoxy) is 1. The third-order valence-corrected chi connectivity index (χ3v) is 5.83. The molecule has 1 aliphatic rings. The number of amides is 1. The zero-order valence-corrected chi connectivity index (χ0v) is 18.4.